The molecule has 0 radical (unpaired) electrons. The lowest BCUT2D eigenvalue weighted by molar-refractivity contribution is -0.265. The van der Waals surface area contributed by atoms with Crippen LogP contribution in [0, 0.1) is 0 Å². The predicted molar refractivity (Wildman–Crippen MR) is 130 cm³/mol. The first kappa shape index (κ1) is 30.8. The number of aliphatic hydroxyl groups is 4. The van der Waals surface area contributed by atoms with Crippen LogP contribution in [0.3, 0.4) is 0 Å². The summed E-state index contributed by atoms with van der Waals surface area (Å²) in [7, 11) is 1.62. The first-order chi connectivity index (χ1) is 17.3. The molecule has 2 fully saturated rings. The Morgan fingerprint density at radius 1 is 1.03 bits per heavy atom. The quantitative estimate of drug-likeness (QED) is 0.133. The molecule has 2 aliphatic rings. The first-order valence-corrected chi connectivity index (χ1v) is 13.0. The molecule has 7 N–H and O–H groups in total. The van der Waals surface area contributed by atoms with E-state index in [2.05, 4.69) is 5.32 Å². The molecule has 12 nitrogen and oxygen atoms in total. The fourth-order valence-electron chi connectivity index (χ4n) is 4.58. The highest BCUT2D eigenvalue weighted by atomic mass is 16.7. The second-order valence-electron chi connectivity index (χ2n) is 9.60. The van der Waals surface area contributed by atoms with Crippen molar-refractivity contribution in [1.82, 2.24) is 10.2 Å². The molecule has 0 aromatic rings. The van der Waals surface area contributed by atoms with E-state index < -0.39 is 37.3 Å². The molecule has 2 rings (SSSR count). The number of likely N-dealkylation sites (tertiary alicyclic amines) is 1. The number of ether oxygens (including phenoxy) is 3. The first-order valence-electron chi connectivity index (χ1n) is 13.0. The second-order valence-corrected chi connectivity index (χ2v) is 9.60. The maximum Gasteiger partial charge on any atom is 0.222 e. The molecule has 2 saturated heterocycles. The fourth-order valence-corrected chi connectivity index (χ4v) is 4.58. The summed E-state index contributed by atoms with van der Waals surface area (Å²) in [4.78, 5) is 26.1. The van der Waals surface area contributed by atoms with Crippen molar-refractivity contribution in [3.63, 3.8) is 0 Å². The lowest BCUT2D eigenvalue weighted by Gasteiger charge is -2.40. The summed E-state index contributed by atoms with van der Waals surface area (Å²) in [5, 5.41) is 41.3. The van der Waals surface area contributed by atoms with Gasteiger partial charge < -0.3 is 50.6 Å². The largest absolute Gasteiger partial charge is 0.394 e. The molecular formula is C24H45N3O9. The number of carbonyl (C=O) groups is 2. The van der Waals surface area contributed by atoms with E-state index >= 15 is 0 Å². The van der Waals surface area contributed by atoms with Crippen molar-refractivity contribution in [2.75, 3.05) is 40.0 Å². The van der Waals surface area contributed by atoms with Crippen molar-refractivity contribution in [3.05, 3.63) is 0 Å². The van der Waals surface area contributed by atoms with E-state index in [0.29, 0.717) is 51.8 Å². The molecule has 0 aliphatic carbocycles. The van der Waals surface area contributed by atoms with Crippen molar-refractivity contribution in [3.8, 4) is 0 Å². The number of amides is 2. The minimum atomic E-state index is -1.26. The van der Waals surface area contributed by atoms with Crippen molar-refractivity contribution in [2.45, 2.75) is 101 Å². The smallest absolute Gasteiger partial charge is 0.222 e. The summed E-state index contributed by atoms with van der Waals surface area (Å²) in [6.07, 6.45) is 1.66. The summed E-state index contributed by atoms with van der Waals surface area (Å²) in [5.74, 6) is 0.0293. The molecule has 0 aromatic carbocycles. The van der Waals surface area contributed by atoms with Gasteiger partial charge in [0.05, 0.1) is 31.4 Å². The highest BCUT2D eigenvalue weighted by Crippen LogP contribution is 2.22. The second kappa shape index (κ2) is 16.5. The number of hydrogen-bond donors (Lipinski definition) is 6. The maximum atomic E-state index is 12.4. The normalized spacial score (nSPS) is 30.5. The van der Waals surface area contributed by atoms with Crippen LogP contribution in [0.5, 0.6) is 0 Å². The van der Waals surface area contributed by atoms with Gasteiger partial charge in [-0.1, -0.05) is 12.8 Å². The van der Waals surface area contributed by atoms with Gasteiger partial charge in [0.2, 0.25) is 11.8 Å². The molecule has 0 spiro atoms. The maximum absolute atomic E-state index is 12.4. The van der Waals surface area contributed by atoms with Gasteiger partial charge in [0.1, 0.15) is 18.3 Å². The van der Waals surface area contributed by atoms with E-state index in [4.69, 9.17) is 19.9 Å². The summed E-state index contributed by atoms with van der Waals surface area (Å²) in [5.41, 5.74) is 5.83. The van der Waals surface area contributed by atoms with Gasteiger partial charge in [-0.2, -0.15) is 0 Å². The van der Waals surface area contributed by atoms with E-state index in [1.54, 1.807) is 12.0 Å². The Kier molecular flexibility index (Phi) is 14.1. The highest BCUT2D eigenvalue weighted by molar-refractivity contribution is 5.77. The van der Waals surface area contributed by atoms with Crippen LogP contribution in [0.15, 0.2) is 0 Å². The number of carbonyl (C=O) groups excluding carboxylic acids is 2. The molecule has 2 amide bonds. The molecule has 12 heteroatoms. The standard InChI is InChI=1S/C24H45N3O9/c1-34-17-12-16(14-28)27(13-17)20(31)9-5-2-6-10-26-19(30)8-4-3-7-11-35-24-21(25)23(33)22(32)18(15-29)36-24/h16-18,21-24,28-29,32-33H,2-15,25H2,1H3,(H,26,30)/t16-,17+,18?,21-,22-,23?,24+/m0/s1. The van der Waals surface area contributed by atoms with E-state index in [1.807, 2.05) is 0 Å². The Morgan fingerprint density at radius 3 is 2.44 bits per heavy atom. The Hall–Kier alpha value is -1.38. The van der Waals surface area contributed by atoms with Crippen LogP contribution in [-0.2, 0) is 23.8 Å². The van der Waals surface area contributed by atoms with Crippen molar-refractivity contribution < 1.29 is 44.2 Å². The molecule has 0 saturated carbocycles. The average Bonchev–Trinajstić information content (AvgIpc) is 3.31. The summed E-state index contributed by atoms with van der Waals surface area (Å²) < 4.78 is 16.3. The number of nitrogens with two attached hydrogens (primary N) is 1. The van der Waals surface area contributed by atoms with Crippen LogP contribution >= 0.6 is 0 Å². The van der Waals surface area contributed by atoms with Gasteiger partial charge in [0, 0.05) is 39.6 Å². The Bertz CT molecular complexity index is 654. The Morgan fingerprint density at radius 2 is 1.75 bits per heavy atom. The van der Waals surface area contributed by atoms with Crippen LogP contribution in [0.25, 0.3) is 0 Å². The summed E-state index contributed by atoms with van der Waals surface area (Å²) in [6.45, 7) is 0.928. The number of rotatable bonds is 16. The topological polar surface area (TPSA) is 184 Å². The Balaban J connectivity index is 1.45. The van der Waals surface area contributed by atoms with Gasteiger partial charge in [-0.3, -0.25) is 9.59 Å². The molecule has 36 heavy (non-hydrogen) atoms. The fraction of sp³-hybridized carbons (Fsp3) is 0.917. The van der Waals surface area contributed by atoms with Gasteiger partial charge in [0.15, 0.2) is 6.29 Å². The molecule has 2 heterocycles. The van der Waals surface area contributed by atoms with E-state index in [0.717, 1.165) is 25.7 Å². The predicted octanol–water partition coefficient (Wildman–Crippen LogP) is -1.39. The molecular weight excluding hydrogens is 474 g/mol. The zero-order valence-electron chi connectivity index (χ0n) is 21.3. The van der Waals surface area contributed by atoms with Gasteiger partial charge in [0.25, 0.3) is 0 Å². The van der Waals surface area contributed by atoms with Gasteiger partial charge in [-0.25, -0.2) is 0 Å². The zero-order valence-corrected chi connectivity index (χ0v) is 21.3. The molecule has 0 aromatic heterocycles. The highest BCUT2D eigenvalue weighted by Gasteiger charge is 2.42. The van der Waals surface area contributed by atoms with Crippen molar-refractivity contribution in [1.29, 1.82) is 0 Å². The van der Waals surface area contributed by atoms with Gasteiger partial charge in [-0.15, -0.1) is 0 Å². The van der Waals surface area contributed by atoms with Crippen LogP contribution in [0.4, 0.5) is 0 Å². The monoisotopic (exact) mass is 519 g/mol. The number of methoxy groups -OCH3 is 1. The molecule has 2 unspecified atom stereocenters. The average molecular weight is 520 g/mol. The molecule has 2 aliphatic heterocycles. The minimum Gasteiger partial charge on any atom is -0.394 e. The van der Waals surface area contributed by atoms with Crippen LogP contribution < -0.4 is 11.1 Å². The van der Waals surface area contributed by atoms with Crippen molar-refractivity contribution >= 4 is 11.8 Å². The number of unbranched alkanes of at least 4 members (excludes halogenated alkanes) is 4. The van der Waals surface area contributed by atoms with Gasteiger partial charge >= 0.3 is 0 Å². The third-order valence-electron chi connectivity index (χ3n) is 6.89. The van der Waals surface area contributed by atoms with Crippen molar-refractivity contribution in [2.24, 2.45) is 5.73 Å². The number of nitrogens with zero attached hydrogens (tertiary/aromatic N) is 1. The lowest BCUT2D eigenvalue weighted by atomic mass is 9.98. The SMILES string of the molecule is CO[C@@H]1C[C@@H](CO)N(C(=O)CCCCCNC(=O)CCCCCO[C@@H]2OC(CO)[C@H](O)C(O)[C@@H]2N)C1. The molecule has 7 atom stereocenters. The third kappa shape index (κ3) is 9.49. The molecule has 210 valence electrons. The van der Waals surface area contributed by atoms with Gasteiger partial charge in [-0.05, 0) is 32.1 Å². The van der Waals surface area contributed by atoms with Crippen LogP contribution in [-0.4, -0.2) is 120 Å². The third-order valence-corrected chi connectivity index (χ3v) is 6.89. The number of hydrogen-bond acceptors (Lipinski definition) is 10. The number of nitrogens with one attached hydrogen (secondary N) is 1. The van der Waals surface area contributed by atoms with Crippen LogP contribution in [0.1, 0.15) is 57.8 Å². The summed E-state index contributed by atoms with van der Waals surface area (Å²) >= 11 is 0. The zero-order chi connectivity index (χ0) is 26.5. The lowest BCUT2D eigenvalue weighted by Crippen LogP contribution is -2.62. The minimum absolute atomic E-state index is 0.0123. The summed E-state index contributed by atoms with van der Waals surface area (Å²) in [6, 6.07) is -1.07. The van der Waals surface area contributed by atoms with E-state index in [1.165, 1.54) is 0 Å². The van der Waals surface area contributed by atoms with E-state index in [-0.39, 0.29) is 30.6 Å². The van der Waals surface area contributed by atoms with Crippen LogP contribution in [0.2, 0.25) is 0 Å². The van der Waals surface area contributed by atoms with E-state index in [9.17, 15) is 30.0 Å². The molecule has 0 bridgehead atoms. The Labute approximate surface area is 213 Å². The number of aliphatic hydroxyl groups excluding tert-OH is 4.